The number of nitrogens with zero attached hydrogens (tertiary/aromatic N) is 3. The Kier molecular flexibility index (Phi) is 4.22. The van der Waals surface area contributed by atoms with E-state index in [2.05, 4.69) is 46.1 Å². The highest BCUT2D eigenvalue weighted by Crippen LogP contribution is 2.28. The Morgan fingerprint density at radius 1 is 1.25 bits per heavy atom. The maximum Gasteiger partial charge on any atom is 0.128 e. The first-order valence-corrected chi connectivity index (χ1v) is 7.89. The Morgan fingerprint density at radius 2 is 2.00 bits per heavy atom. The summed E-state index contributed by atoms with van der Waals surface area (Å²) >= 11 is 0. The van der Waals surface area contributed by atoms with Crippen LogP contribution in [0.1, 0.15) is 32.3 Å². The zero-order valence-corrected chi connectivity index (χ0v) is 12.7. The minimum absolute atomic E-state index is 0.522. The zero-order valence-electron chi connectivity index (χ0n) is 12.7. The maximum absolute atomic E-state index is 4.56. The molecule has 1 aliphatic carbocycles. The van der Waals surface area contributed by atoms with Gasteiger partial charge in [-0.15, -0.1) is 0 Å². The topological polar surface area (TPSA) is 31.4 Å². The van der Waals surface area contributed by atoms with Crippen molar-refractivity contribution >= 4 is 5.82 Å². The molecule has 4 heteroatoms. The van der Waals surface area contributed by atoms with E-state index in [1.54, 1.807) is 0 Å². The standard InChI is InChI=1S/C16H26N4/c1-13(2)18-12-14-5-6-17-16(11-14)20-9-7-19(8-10-20)15-3-4-15/h5-6,11,13,15,18H,3-4,7-10,12H2,1-2H3. The third-order valence-corrected chi connectivity index (χ3v) is 4.23. The average molecular weight is 274 g/mol. The Bertz CT molecular complexity index is 434. The van der Waals surface area contributed by atoms with Gasteiger partial charge in [-0.05, 0) is 30.5 Å². The molecule has 1 saturated carbocycles. The fourth-order valence-corrected chi connectivity index (χ4v) is 2.82. The molecule has 20 heavy (non-hydrogen) atoms. The number of pyridine rings is 1. The van der Waals surface area contributed by atoms with Crippen LogP contribution in [-0.4, -0.2) is 48.1 Å². The molecule has 0 amide bonds. The molecule has 0 radical (unpaired) electrons. The summed E-state index contributed by atoms with van der Waals surface area (Å²) in [6, 6.07) is 5.77. The third kappa shape index (κ3) is 3.49. The molecule has 0 aromatic carbocycles. The van der Waals surface area contributed by atoms with Gasteiger partial charge in [0.2, 0.25) is 0 Å². The zero-order chi connectivity index (χ0) is 13.9. The van der Waals surface area contributed by atoms with Crippen molar-refractivity contribution in [3.8, 4) is 0 Å². The van der Waals surface area contributed by atoms with E-state index in [4.69, 9.17) is 0 Å². The lowest BCUT2D eigenvalue weighted by atomic mass is 10.2. The average Bonchev–Trinajstić information content (AvgIpc) is 3.30. The van der Waals surface area contributed by atoms with Crippen LogP contribution in [0, 0.1) is 0 Å². The summed E-state index contributed by atoms with van der Waals surface area (Å²) in [5, 5.41) is 3.47. The van der Waals surface area contributed by atoms with Crippen LogP contribution in [0.15, 0.2) is 18.3 Å². The van der Waals surface area contributed by atoms with E-state index in [1.807, 2.05) is 6.20 Å². The second kappa shape index (κ2) is 6.10. The first-order chi connectivity index (χ1) is 9.72. The summed E-state index contributed by atoms with van der Waals surface area (Å²) in [5.74, 6) is 1.14. The van der Waals surface area contributed by atoms with E-state index >= 15 is 0 Å². The van der Waals surface area contributed by atoms with Crippen molar-refractivity contribution in [1.82, 2.24) is 15.2 Å². The van der Waals surface area contributed by atoms with Gasteiger partial charge in [-0.3, -0.25) is 4.90 Å². The van der Waals surface area contributed by atoms with Crippen molar-refractivity contribution in [2.24, 2.45) is 0 Å². The number of piperazine rings is 1. The monoisotopic (exact) mass is 274 g/mol. The lowest BCUT2D eigenvalue weighted by molar-refractivity contribution is 0.247. The summed E-state index contributed by atoms with van der Waals surface area (Å²) in [6.45, 7) is 9.91. The number of rotatable bonds is 5. The lowest BCUT2D eigenvalue weighted by Crippen LogP contribution is -2.47. The van der Waals surface area contributed by atoms with Gasteiger partial charge in [0.15, 0.2) is 0 Å². The SMILES string of the molecule is CC(C)NCc1ccnc(N2CCN(C3CC3)CC2)c1. The van der Waals surface area contributed by atoms with Crippen LogP contribution in [0.5, 0.6) is 0 Å². The molecule has 0 atom stereocenters. The minimum atomic E-state index is 0.522. The molecular formula is C16H26N4. The van der Waals surface area contributed by atoms with Crippen LogP contribution < -0.4 is 10.2 Å². The van der Waals surface area contributed by atoms with Gasteiger partial charge in [-0.2, -0.15) is 0 Å². The van der Waals surface area contributed by atoms with E-state index in [-0.39, 0.29) is 0 Å². The van der Waals surface area contributed by atoms with Crippen LogP contribution in [0.4, 0.5) is 5.82 Å². The van der Waals surface area contributed by atoms with Gasteiger partial charge in [-0.1, -0.05) is 13.8 Å². The van der Waals surface area contributed by atoms with Gasteiger partial charge in [-0.25, -0.2) is 4.98 Å². The summed E-state index contributed by atoms with van der Waals surface area (Å²) in [5.41, 5.74) is 1.33. The van der Waals surface area contributed by atoms with Gasteiger partial charge in [0.25, 0.3) is 0 Å². The summed E-state index contributed by atoms with van der Waals surface area (Å²) < 4.78 is 0. The van der Waals surface area contributed by atoms with E-state index in [0.717, 1.165) is 31.5 Å². The molecule has 0 unspecified atom stereocenters. The molecular weight excluding hydrogens is 248 g/mol. The second-order valence-electron chi connectivity index (χ2n) is 6.31. The first kappa shape index (κ1) is 13.8. The lowest BCUT2D eigenvalue weighted by Gasteiger charge is -2.35. The molecule has 1 aromatic heterocycles. The highest BCUT2D eigenvalue weighted by Gasteiger charge is 2.31. The van der Waals surface area contributed by atoms with Gasteiger partial charge in [0.1, 0.15) is 5.82 Å². The number of hydrogen-bond acceptors (Lipinski definition) is 4. The Labute approximate surface area is 122 Å². The summed E-state index contributed by atoms with van der Waals surface area (Å²) in [4.78, 5) is 9.62. The molecule has 2 heterocycles. The predicted octanol–water partition coefficient (Wildman–Crippen LogP) is 1.86. The molecule has 1 aliphatic heterocycles. The third-order valence-electron chi connectivity index (χ3n) is 4.23. The maximum atomic E-state index is 4.56. The van der Waals surface area contributed by atoms with Crippen molar-refractivity contribution in [3.63, 3.8) is 0 Å². The van der Waals surface area contributed by atoms with Gasteiger partial charge in [0.05, 0.1) is 0 Å². The van der Waals surface area contributed by atoms with Crippen LogP contribution in [0.2, 0.25) is 0 Å². The first-order valence-electron chi connectivity index (χ1n) is 7.89. The Hall–Kier alpha value is -1.13. The fourth-order valence-electron chi connectivity index (χ4n) is 2.82. The van der Waals surface area contributed by atoms with Crippen molar-refractivity contribution in [2.45, 2.75) is 45.3 Å². The van der Waals surface area contributed by atoms with Crippen LogP contribution in [0.3, 0.4) is 0 Å². The molecule has 1 N–H and O–H groups in total. The van der Waals surface area contributed by atoms with E-state index in [1.165, 1.54) is 31.5 Å². The molecule has 1 aromatic rings. The van der Waals surface area contributed by atoms with Crippen molar-refractivity contribution in [2.75, 3.05) is 31.1 Å². The molecule has 2 fully saturated rings. The van der Waals surface area contributed by atoms with E-state index < -0.39 is 0 Å². The van der Waals surface area contributed by atoms with Crippen molar-refractivity contribution in [3.05, 3.63) is 23.9 Å². The molecule has 0 spiro atoms. The summed E-state index contributed by atoms with van der Waals surface area (Å²) in [6.07, 6.45) is 4.77. The molecule has 2 aliphatic rings. The molecule has 4 nitrogen and oxygen atoms in total. The highest BCUT2D eigenvalue weighted by molar-refractivity contribution is 5.41. The predicted molar refractivity (Wildman–Crippen MR) is 83.0 cm³/mol. The van der Waals surface area contributed by atoms with Crippen LogP contribution in [-0.2, 0) is 6.54 Å². The minimum Gasteiger partial charge on any atom is -0.354 e. The van der Waals surface area contributed by atoms with E-state index in [0.29, 0.717) is 6.04 Å². The number of aromatic nitrogens is 1. The molecule has 0 bridgehead atoms. The highest BCUT2D eigenvalue weighted by atomic mass is 15.3. The van der Waals surface area contributed by atoms with Crippen LogP contribution >= 0.6 is 0 Å². The Morgan fingerprint density at radius 3 is 2.65 bits per heavy atom. The van der Waals surface area contributed by atoms with Gasteiger partial charge >= 0.3 is 0 Å². The largest absolute Gasteiger partial charge is 0.354 e. The smallest absolute Gasteiger partial charge is 0.128 e. The quantitative estimate of drug-likeness (QED) is 0.888. The molecule has 3 rings (SSSR count). The normalized spacial score (nSPS) is 20.6. The van der Waals surface area contributed by atoms with Crippen molar-refractivity contribution < 1.29 is 0 Å². The number of nitrogens with one attached hydrogen (secondary N) is 1. The Balaban J connectivity index is 1.57. The molecule has 1 saturated heterocycles. The second-order valence-corrected chi connectivity index (χ2v) is 6.31. The van der Waals surface area contributed by atoms with E-state index in [9.17, 15) is 0 Å². The van der Waals surface area contributed by atoms with Crippen LogP contribution in [0.25, 0.3) is 0 Å². The van der Waals surface area contributed by atoms with Gasteiger partial charge in [0, 0.05) is 51.0 Å². The number of hydrogen-bond donors (Lipinski definition) is 1. The number of anilines is 1. The summed E-state index contributed by atoms with van der Waals surface area (Å²) in [7, 11) is 0. The molecule has 110 valence electrons. The fraction of sp³-hybridized carbons (Fsp3) is 0.688. The van der Waals surface area contributed by atoms with Crippen molar-refractivity contribution in [1.29, 1.82) is 0 Å². The van der Waals surface area contributed by atoms with Gasteiger partial charge < -0.3 is 10.2 Å².